The fourth-order valence-corrected chi connectivity index (χ4v) is 3.73. The van der Waals surface area contributed by atoms with Crippen LogP contribution in [0.25, 0.3) is 0 Å². The van der Waals surface area contributed by atoms with E-state index in [2.05, 4.69) is 15.2 Å². The Morgan fingerprint density at radius 1 is 1.23 bits per heavy atom. The largest absolute Gasteiger partial charge is 0.376 e. The molecule has 2 aliphatic rings. The van der Waals surface area contributed by atoms with Gasteiger partial charge in [-0.15, -0.1) is 10.2 Å². The van der Waals surface area contributed by atoms with Crippen molar-refractivity contribution < 1.29 is 9.53 Å². The summed E-state index contributed by atoms with van der Waals surface area (Å²) in [7, 11) is 0. The standard InChI is InChI=1S/C19H25N5O2/c25-19(18-22-21-17-9-2-1-5-11-24(17)18)23(14-16-8-6-12-26-16)13-15-7-3-4-10-20-15/h3-4,7,10,16H,1-2,5-6,8-9,11-14H2/t16-/m0/s1. The first kappa shape index (κ1) is 17.1. The molecule has 4 heterocycles. The van der Waals surface area contributed by atoms with Crippen LogP contribution in [0.15, 0.2) is 24.4 Å². The molecule has 0 spiro atoms. The first-order valence-electron chi connectivity index (χ1n) is 9.54. The van der Waals surface area contributed by atoms with Crippen LogP contribution in [0.2, 0.25) is 0 Å². The lowest BCUT2D eigenvalue weighted by Gasteiger charge is -2.25. The average Bonchev–Trinajstić information content (AvgIpc) is 3.26. The number of ether oxygens (including phenoxy) is 1. The van der Waals surface area contributed by atoms with Crippen LogP contribution in [0.1, 0.15) is 54.2 Å². The fourth-order valence-electron chi connectivity index (χ4n) is 3.73. The number of fused-ring (bicyclic) bond motifs is 1. The third kappa shape index (κ3) is 3.77. The van der Waals surface area contributed by atoms with Crippen LogP contribution < -0.4 is 0 Å². The van der Waals surface area contributed by atoms with Crippen molar-refractivity contribution in [2.75, 3.05) is 13.2 Å². The Balaban J connectivity index is 1.58. The molecule has 1 fully saturated rings. The maximum absolute atomic E-state index is 13.3. The molecule has 0 N–H and O–H groups in total. The molecule has 0 radical (unpaired) electrons. The van der Waals surface area contributed by atoms with E-state index < -0.39 is 0 Å². The van der Waals surface area contributed by atoms with E-state index >= 15 is 0 Å². The van der Waals surface area contributed by atoms with Gasteiger partial charge >= 0.3 is 0 Å². The van der Waals surface area contributed by atoms with Crippen molar-refractivity contribution in [3.63, 3.8) is 0 Å². The van der Waals surface area contributed by atoms with Crippen LogP contribution in [-0.2, 0) is 24.2 Å². The lowest BCUT2D eigenvalue weighted by atomic mass is 10.2. The molecule has 26 heavy (non-hydrogen) atoms. The number of hydrogen-bond acceptors (Lipinski definition) is 5. The van der Waals surface area contributed by atoms with Crippen molar-refractivity contribution in [3.8, 4) is 0 Å². The maximum Gasteiger partial charge on any atom is 0.292 e. The number of rotatable bonds is 5. The third-order valence-corrected chi connectivity index (χ3v) is 5.12. The van der Waals surface area contributed by atoms with Crippen molar-refractivity contribution in [3.05, 3.63) is 41.7 Å². The monoisotopic (exact) mass is 355 g/mol. The van der Waals surface area contributed by atoms with Crippen LogP contribution in [-0.4, -0.2) is 49.8 Å². The Labute approximate surface area is 153 Å². The van der Waals surface area contributed by atoms with Gasteiger partial charge in [-0.25, -0.2) is 0 Å². The smallest absolute Gasteiger partial charge is 0.292 e. The minimum atomic E-state index is -0.0770. The van der Waals surface area contributed by atoms with Gasteiger partial charge in [-0.2, -0.15) is 0 Å². The summed E-state index contributed by atoms with van der Waals surface area (Å²) in [6, 6.07) is 5.77. The second-order valence-corrected chi connectivity index (χ2v) is 7.04. The molecule has 1 atom stereocenters. The van der Waals surface area contributed by atoms with Crippen molar-refractivity contribution in [1.82, 2.24) is 24.6 Å². The van der Waals surface area contributed by atoms with E-state index in [4.69, 9.17) is 4.74 Å². The average molecular weight is 355 g/mol. The number of aryl methyl sites for hydroxylation is 1. The Morgan fingerprint density at radius 2 is 2.19 bits per heavy atom. The molecule has 4 rings (SSSR count). The summed E-state index contributed by atoms with van der Waals surface area (Å²) in [5.74, 6) is 1.31. The van der Waals surface area contributed by atoms with E-state index in [9.17, 15) is 4.79 Å². The molecule has 2 aliphatic heterocycles. The Morgan fingerprint density at radius 3 is 3.00 bits per heavy atom. The number of carbonyl (C=O) groups is 1. The summed E-state index contributed by atoms with van der Waals surface area (Å²) in [6.07, 6.45) is 8.14. The summed E-state index contributed by atoms with van der Waals surface area (Å²) in [4.78, 5) is 19.5. The maximum atomic E-state index is 13.3. The second kappa shape index (κ2) is 7.95. The molecule has 7 heteroatoms. The highest BCUT2D eigenvalue weighted by Gasteiger charge is 2.28. The SMILES string of the molecule is O=C(c1nnc2n1CCCCC2)N(Cc1ccccn1)C[C@@H]1CCCO1. The lowest BCUT2D eigenvalue weighted by Crippen LogP contribution is -2.38. The van der Waals surface area contributed by atoms with Gasteiger partial charge in [-0.1, -0.05) is 12.5 Å². The third-order valence-electron chi connectivity index (χ3n) is 5.12. The Bertz CT molecular complexity index is 740. The van der Waals surface area contributed by atoms with E-state index in [0.717, 1.165) is 56.8 Å². The van der Waals surface area contributed by atoms with E-state index in [1.807, 2.05) is 27.7 Å². The highest BCUT2D eigenvalue weighted by Crippen LogP contribution is 2.19. The predicted molar refractivity (Wildman–Crippen MR) is 95.5 cm³/mol. The normalized spacial score (nSPS) is 19.8. The van der Waals surface area contributed by atoms with Crippen LogP contribution in [0.5, 0.6) is 0 Å². The van der Waals surface area contributed by atoms with Gasteiger partial charge in [0.1, 0.15) is 5.82 Å². The van der Waals surface area contributed by atoms with Gasteiger partial charge in [0.05, 0.1) is 18.3 Å². The van der Waals surface area contributed by atoms with Gasteiger partial charge in [0.15, 0.2) is 0 Å². The molecular weight excluding hydrogens is 330 g/mol. The summed E-state index contributed by atoms with van der Waals surface area (Å²) < 4.78 is 7.77. The summed E-state index contributed by atoms with van der Waals surface area (Å²) in [5.41, 5.74) is 0.870. The number of aromatic nitrogens is 4. The summed E-state index contributed by atoms with van der Waals surface area (Å²) >= 11 is 0. The zero-order valence-electron chi connectivity index (χ0n) is 15.0. The van der Waals surface area contributed by atoms with Crippen molar-refractivity contribution in [2.45, 2.75) is 57.7 Å². The lowest BCUT2D eigenvalue weighted by molar-refractivity contribution is 0.0491. The summed E-state index contributed by atoms with van der Waals surface area (Å²) in [6.45, 7) is 2.62. The van der Waals surface area contributed by atoms with Crippen LogP contribution in [0.3, 0.4) is 0 Å². The molecule has 0 saturated carbocycles. The second-order valence-electron chi connectivity index (χ2n) is 7.04. The number of pyridine rings is 1. The molecule has 1 saturated heterocycles. The number of nitrogens with zero attached hydrogens (tertiary/aromatic N) is 5. The Hall–Kier alpha value is -2.28. The van der Waals surface area contributed by atoms with Gasteiger partial charge in [-0.3, -0.25) is 9.78 Å². The highest BCUT2D eigenvalue weighted by molar-refractivity contribution is 5.90. The zero-order valence-corrected chi connectivity index (χ0v) is 15.0. The number of amides is 1. The molecule has 0 unspecified atom stereocenters. The zero-order chi connectivity index (χ0) is 17.8. The van der Waals surface area contributed by atoms with E-state index in [1.54, 1.807) is 6.20 Å². The minimum Gasteiger partial charge on any atom is -0.376 e. The molecule has 2 aromatic rings. The van der Waals surface area contributed by atoms with E-state index in [-0.39, 0.29) is 12.0 Å². The molecule has 1 amide bonds. The van der Waals surface area contributed by atoms with Gasteiger partial charge in [0.2, 0.25) is 5.82 Å². The molecule has 7 nitrogen and oxygen atoms in total. The predicted octanol–water partition coefficient (Wildman–Crippen LogP) is 2.22. The first-order chi connectivity index (χ1) is 12.8. The molecule has 0 bridgehead atoms. The van der Waals surface area contributed by atoms with Gasteiger partial charge in [-0.05, 0) is 37.8 Å². The summed E-state index contributed by atoms with van der Waals surface area (Å²) in [5, 5.41) is 8.51. The van der Waals surface area contributed by atoms with Gasteiger partial charge < -0.3 is 14.2 Å². The fraction of sp³-hybridized carbons (Fsp3) is 0.579. The van der Waals surface area contributed by atoms with Crippen molar-refractivity contribution >= 4 is 5.91 Å². The van der Waals surface area contributed by atoms with Crippen LogP contribution in [0.4, 0.5) is 0 Å². The molecule has 0 aliphatic carbocycles. The minimum absolute atomic E-state index is 0.0770. The van der Waals surface area contributed by atoms with Crippen molar-refractivity contribution in [2.24, 2.45) is 0 Å². The van der Waals surface area contributed by atoms with Gasteiger partial charge in [0.25, 0.3) is 5.91 Å². The van der Waals surface area contributed by atoms with Gasteiger partial charge in [0, 0.05) is 32.3 Å². The highest BCUT2D eigenvalue weighted by atomic mass is 16.5. The van der Waals surface area contributed by atoms with E-state index in [1.165, 1.54) is 6.42 Å². The first-order valence-corrected chi connectivity index (χ1v) is 9.54. The van der Waals surface area contributed by atoms with Crippen LogP contribution in [0, 0.1) is 0 Å². The molecule has 138 valence electrons. The Kier molecular flexibility index (Phi) is 5.24. The number of hydrogen-bond donors (Lipinski definition) is 0. The number of carbonyl (C=O) groups excluding carboxylic acids is 1. The molecule has 2 aromatic heterocycles. The topological polar surface area (TPSA) is 73.1 Å². The molecule has 0 aromatic carbocycles. The van der Waals surface area contributed by atoms with Crippen molar-refractivity contribution in [1.29, 1.82) is 0 Å². The molecular formula is C19H25N5O2. The quantitative estimate of drug-likeness (QED) is 0.822. The van der Waals surface area contributed by atoms with E-state index in [0.29, 0.717) is 18.9 Å². The van der Waals surface area contributed by atoms with Crippen LogP contribution >= 0.6 is 0 Å².